The maximum Gasteiger partial charge on any atom is 0.254 e. The van der Waals surface area contributed by atoms with Crippen LogP contribution in [0, 0.1) is 12.8 Å². The zero-order chi connectivity index (χ0) is 17.8. The second-order valence-corrected chi connectivity index (χ2v) is 8.22. The number of hydrogen-bond donors (Lipinski definition) is 2. The predicted octanol–water partition coefficient (Wildman–Crippen LogP) is 3.06. The van der Waals surface area contributed by atoms with E-state index in [-0.39, 0.29) is 36.2 Å². The molecule has 0 bridgehead atoms. The van der Waals surface area contributed by atoms with Crippen molar-refractivity contribution in [1.82, 2.24) is 4.90 Å². The van der Waals surface area contributed by atoms with Crippen LogP contribution >= 0.6 is 24.2 Å². The number of benzene rings is 1. The third-order valence-corrected chi connectivity index (χ3v) is 6.15. The number of thioether (sulfide) groups is 1. The van der Waals surface area contributed by atoms with Crippen molar-refractivity contribution < 1.29 is 9.59 Å². The van der Waals surface area contributed by atoms with E-state index in [1.807, 2.05) is 41.8 Å². The van der Waals surface area contributed by atoms with Gasteiger partial charge in [-0.25, -0.2) is 0 Å². The van der Waals surface area contributed by atoms with Crippen LogP contribution in [0.1, 0.15) is 41.6 Å². The number of carbonyl (C=O) groups is 2. The highest BCUT2D eigenvalue weighted by Gasteiger charge is 2.26. The van der Waals surface area contributed by atoms with Gasteiger partial charge in [-0.15, -0.1) is 12.4 Å². The van der Waals surface area contributed by atoms with E-state index < -0.39 is 0 Å². The van der Waals surface area contributed by atoms with Gasteiger partial charge in [0.15, 0.2) is 0 Å². The molecule has 3 N–H and O–H groups in total. The predicted molar refractivity (Wildman–Crippen MR) is 110 cm³/mol. The van der Waals surface area contributed by atoms with Crippen LogP contribution in [0.2, 0.25) is 0 Å². The van der Waals surface area contributed by atoms with Crippen LogP contribution in [-0.2, 0) is 4.79 Å². The van der Waals surface area contributed by atoms with Gasteiger partial charge in [0.25, 0.3) is 5.91 Å². The van der Waals surface area contributed by atoms with Crippen molar-refractivity contribution in [3.05, 3.63) is 29.3 Å². The van der Waals surface area contributed by atoms with Crippen molar-refractivity contribution in [3.8, 4) is 0 Å². The number of carbonyl (C=O) groups excluding carboxylic acids is 2. The molecule has 1 saturated carbocycles. The number of nitrogens with one attached hydrogen (secondary N) is 1. The fourth-order valence-electron chi connectivity index (χ4n) is 3.64. The summed E-state index contributed by atoms with van der Waals surface area (Å²) >= 11 is 1.88. The molecule has 2 aliphatic rings. The van der Waals surface area contributed by atoms with Gasteiger partial charge in [0.2, 0.25) is 5.91 Å². The Hall–Kier alpha value is -1.24. The molecule has 5 nitrogen and oxygen atoms in total. The molecule has 1 aliphatic carbocycles. The quantitative estimate of drug-likeness (QED) is 0.821. The van der Waals surface area contributed by atoms with Crippen LogP contribution in [0.5, 0.6) is 0 Å². The number of nitrogens with zero attached hydrogens (tertiary/aromatic N) is 1. The van der Waals surface area contributed by atoms with Crippen molar-refractivity contribution >= 4 is 41.7 Å². The minimum absolute atomic E-state index is 0. The molecule has 26 heavy (non-hydrogen) atoms. The van der Waals surface area contributed by atoms with Gasteiger partial charge >= 0.3 is 0 Å². The van der Waals surface area contributed by atoms with Gasteiger partial charge in [0.1, 0.15) is 0 Å². The lowest BCUT2D eigenvalue weighted by Gasteiger charge is -2.28. The first-order valence-electron chi connectivity index (χ1n) is 9.09. The molecule has 0 spiro atoms. The Morgan fingerprint density at radius 1 is 1.23 bits per heavy atom. The van der Waals surface area contributed by atoms with E-state index in [0.29, 0.717) is 5.56 Å². The SMILES string of the molecule is Cc1c(NC(=O)C2CCCC(N)C2)cccc1C(=O)N1CCSCC1.Cl. The van der Waals surface area contributed by atoms with Crippen LogP contribution in [0.15, 0.2) is 18.2 Å². The number of halogens is 1. The number of amides is 2. The second-order valence-electron chi connectivity index (χ2n) is 7.00. The van der Waals surface area contributed by atoms with E-state index in [4.69, 9.17) is 5.73 Å². The van der Waals surface area contributed by atoms with Crippen molar-refractivity contribution in [2.75, 3.05) is 29.9 Å². The maximum absolute atomic E-state index is 12.8. The molecule has 1 aliphatic heterocycles. The Morgan fingerprint density at radius 2 is 1.96 bits per heavy atom. The minimum atomic E-state index is -0.0263. The average Bonchev–Trinajstić information content (AvgIpc) is 2.63. The molecule has 1 saturated heterocycles. The van der Waals surface area contributed by atoms with E-state index in [0.717, 1.165) is 61.5 Å². The number of nitrogens with two attached hydrogens (primary N) is 1. The minimum Gasteiger partial charge on any atom is -0.337 e. The molecule has 2 amide bonds. The Labute approximate surface area is 165 Å². The first-order chi connectivity index (χ1) is 12.1. The second kappa shape index (κ2) is 9.62. The molecule has 7 heteroatoms. The van der Waals surface area contributed by atoms with Gasteiger partial charge in [0, 0.05) is 47.8 Å². The molecule has 144 valence electrons. The van der Waals surface area contributed by atoms with E-state index >= 15 is 0 Å². The molecule has 0 radical (unpaired) electrons. The number of rotatable bonds is 3. The fourth-order valence-corrected chi connectivity index (χ4v) is 4.54. The van der Waals surface area contributed by atoms with Gasteiger partial charge < -0.3 is 16.0 Å². The van der Waals surface area contributed by atoms with Crippen LogP contribution in [0.25, 0.3) is 0 Å². The Morgan fingerprint density at radius 3 is 2.65 bits per heavy atom. The summed E-state index contributed by atoms with van der Waals surface area (Å²) in [7, 11) is 0. The van der Waals surface area contributed by atoms with Crippen molar-refractivity contribution in [3.63, 3.8) is 0 Å². The lowest BCUT2D eigenvalue weighted by atomic mass is 9.85. The lowest BCUT2D eigenvalue weighted by molar-refractivity contribution is -0.120. The summed E-state index contributed by atoms with van der Waals surface area (Å²) < 4.78 is 0. The zero-order valence-electron chi connectivity index (χ0n) is 15.2. The highest BCUT2D eigenvalue weighted by molar-refractivity contribution is 7.99. The summed E-state index contributed by atoms with van der Waals surface area (Å²) in [5.74, 6) is 2.04. The molecular weight excluding hydrogens is 370 g/mol. The Bertz CT molecular complexity index is 650. The third-order valence-electron chi connectivity index (χ3n) is 5.21. The summed E-state index contributed by atoms with van der Waals surface area (Å²) in [6, 6.07) is 5.70. The molecule has 0 aromatic heterocycles. The van der Waals surface area contributed by atoms with Gasteiger partial charge in [-0.3, -0.25) is 9.59 Å². The smallest absolute Gasteiger partial charge is 0.254 e. The molecule has 2 fully saturated rings. The summed E-state index contributed by atoms with van der Waals surface area (Å²) in [4.78, 5) is 27.3. The van der Waals surface area contributed by atoms with Gasteiger partial charge in [0.05, 0.1) is 0 Å². The van der Waals surface area contributed by atoms with Gasteiger partial charge in [-0.05, 0) is 43.9 Å². The Balaban J connectivity index is 0.00000243. The highest BCUT2D eigenvalue weighted by Crippen LogP contribution is 2.27. The van der Waals surface area contributed by atoms with E-state index in [1.54, 1.807) is 0 Å². The number of hydrogen-bond acceptors (Lipinski definition) is 4. The normalized spacial score (nSPS) is 23.1. The molecule has 1 aromatic carbocycles. The summed E-state index contributed by atoms with van der Waals surface area (Å²) in [5.41, 5.74) is 8.27. The van der Waals surface area contributed by atoms with Crippen LogP contribution < -0.4 is 11.1 Å². The first-order valence-corrected chi connectivity index (χ1v) is 10.2. The Kier molecular flexibility index (Phi) is 7.80. The van der Waals surface area contributed by atoms with Crippen LogP contribution in [0.3, 0.4) is 0 Å². The molecule has 3 rings (SSSR count). The maximum atomic E-state index is 12.8. The first kappa shape index (κ1) is 21.1. The van der Waals surface area contributed by atoms with E-state index in [2.05, 4.69) is 5.32 Å². The number of anilines is 1. The largest absolute Gasteiger partial charge is 0.337 e. The molecule has 2 unspecified atom stereocenters. The molecule has 1 heterocycles. The van der Waals surface area contributed by atoms with Crippen LogP contribution in [0.4, 0.5) is 5.69 Å². The fraction of sp³-hybridized carbons (Fsp3) is 0.579. The summed E-state index contributed by atoms with van der Waals surface area (Å²) in [6.45, 7) is 3.49. The molecular formula is C19H28ClN3O2S. The zero-order valence-corrected chi connectivity index (χ0v) is 16.8. The summed E-state index contributed by atoms with van der Waals surface area (Å²) in [6.07, 6.45) is 3.64. The topological polar surface area (TPSA) is 75.4 Å². The lowest BCUT2D eigenvalue weighted by Crippen LogP contribution is -2.38. The van der Waals surface area contributed by atoms with Gasteiger partial charge in [-0.1, -0.05) is 12.5 Å². The highest BCUT2D eigenvalue weighted by atomic mass is 35.5. The van der Waals surface area contributed by atoms with Crippen molar-refractivity contribution in [2.45, 2.75) is 38.6 Å². The summed E-state index contributed by atoms with van der Waals surface area (Å²) in [5, 5.41) is 3.03. The van der Waals surface area contributed by atoms with Crippen LogP contribution in [-0.4, -0.2) is 47.4 Å². The monoisotopic (exact) mass is 397 g/mol. The third kappa shape index (κ3) is 4.93. The standard InChI is InChI=1S/C19H27N3O2S.ClH/c1-13-16(19(24)22-8-10-25-11-9-22)6-3-7-17(13)21-18(23)14-4-2-5-15(20)12-14;/h3,6-7,14-15H,2,4-5,8-12,20H2,1H3,(H,21,23);1H. The van der Waals surface area contributed by atoms with E-state index in [1.165, 1.54) is 0 Å². The van der Waals surface area contributed by atoms with Crippen molar-refractivity contribution in [1.29, 1.82) is 0 Å². The average molecular weight is 398 g/mol. The van der Waals surface area contributed by atoms with Crippen molar-refractivity contribution in [2.24, 2.45) is 11.7 Å². The molecule has 2 atom stereocenters. The van der Waals surface area contributed by atoms with Gasteiger partial charge in [-0.2, -0.15) is 11.8 Å². The van der Waals surface area contributed by atoms with E-state index in [9.17, 15) is 9.59 Å². The molecule has 1 aromatic rings.